The van der Waals surface area contributed by atoms with Gasteiger partial charge in [-0.1, -0.05) is 12.1 Å². The highest BCUT2D eigenvalue weighted by Gasteiger charge is 2.19. The van der Waals surface area contributed by atoms with E-state index in [0.29, 0.717) is 17.9 Å². The van der Waals surface area contributed by atoms with Crippen LogP contribution >= 0.6 is 0 Å². The van der Waals surface area contributed by atoms with E-state index in [-0.39, 0.29) is 6.54 Å². The second kappa shape index (κ2) is 6.45. The zero-order valence-electron chi connectivity index (χ0n) is 12.1. The minimum absolute atomic E-state index is 0.0865. The topological polar surface area (TPSA) is 81.8 Å². The van der Waals surface area contributed by atoms with Crippen molar-refractivity contribution in [1.29, 1.82) is 0 Å². The molecule has 3 N–H and O–H groups in total. The van der Waals surface area contributed by atoms with Gasteiger partial charge in [0, 0.05) is 11.9 Å². The Kier molecular flexibility index (Phi) is 4.65. The molecule has 0 aliphatic heterocycles. The molecule has 0 amide bonds. The van der Waals surface area contributed by atoms with Gasteiger partial charge in [-0.2, -0.15) is 0 Å². The molecule has 0 saturated carbocycles. The Labute approximate surface area is 123 Å². The number of rotatable bonds is 6. The fourth-order valence-electron chi connectivity index (χ4n) is 2.44. The van der Waals surface area contributed by atoms with Crippen LogP contribution in [0.1, 0.15) is 5.56 Å². The summed E-state index contributed by atoms with van der Waals surface area (Å²) in [6.07, 6.45) is 0.333. The van der Waals surface area contributed by atoms with Crippen LogP contribution in [0.3, 0.4) is 0 Å². The molecule has 0 aliphatic rings. The summed E-state index contributed by atoms with van der Waals surface area (Å²) in [5.41, 5.74) is 6.42. The minimum Gasteiger partial charge on any atom is -0.497 e. The average molecular weight is 289 g/mol. The summed E-state index contributed by atoms with van der Waals surface area (Å²) in [6.45, 7) is 0.0865. The van der Waals surface area contributed by atoms with E-state index in [2.05, 4.69) is 0 Å². The van der Waals surface area contributed by atoms with Crippen LogP contribution in [0.2, 0.25) is 0 Å². The predicted octanol–water partition coefficient (Wildman–Crippen LogP) is 2.06. The van der Waals surface area contributed by atoms with Crippen LogP contribution in [0.4, 0.5) is 0 Å². The molecule has 2 aromatic carbocycles. The molecule has 0 fully saturated rings. The molecule has 5 nitrogen and oxygen atoms in total. The fraction of sp³-hybridized carbons (Fsp3) is 0.312. The Hall–Kier alpha value is -2.27. The van der Waals surface area contributed by atoms with Gasteiger partial charge >= 0.3 is 5.97 Å². The second-order valence-corrected chi connectivity index (χ2v) is 4.82. The van der Waals surface area contributed by atoms with E-state index in [1.165, 1.54) is 0 Å². The van der Waals surface area contributed by atoms with Gasteiger partial charge in [-0.3, -0.25) is 4.79 Å². The third-order valence-electron chi connectivity index (χ3n) is 3.55. The number of methoxy groups -OCH3 is 2. The van der Waals surface area contributed by atoms with Gasteiger partial charge < -0.3 is 20.3 Å². The molecule has 2 aromatic rings. The quantitative estimate of drug-likeness (QED) is 0.850. The standard InChI is InChI=1S/C16H19NO4/c1-20-13-7-10-4-3-5-14(21-2)15(10)11(8-13)6-12(9-17)16(18)19/h3-5,7-8,12H,6,9,17H2,1-2H3,(H,18,19). The molecule has 0 radical (unpaired) electrons. The van der Waals surface area contributed by atoms with E-state index in [4.69, 9.17) is 15.2 Å². The van der Waals surface area contributed by atoms with Gasteiger partial charge in [-0.25, -0.2) is 0 Å². The summed E-state index contributed by atoms with van der Waals surface area (Å²) in [4.78, 5) is 11.2. The van der Waals surface area contributed by atoms with Crippen molar-refractivity contribution in [2.24, 2.45) is 11.7 Å². The molecule has 0 spiro atoms. The summed E-state index contributed by atoms with van der Waals surface area (Å²) in [7, 11) is 3.18. The minimum atomic E-state index is -0.900. The third-order valence-corrected chi connectivity index (χ3v) is 3.55. The van der Waals surface area contributed by atoms with Crippen LogP contribution in [0.25, 0.3) is 10.8 Å². The van der Waals surface area contributed by atoms with Crippen LogP contribution in [0.15, 0.2) is 30.3 Å². The normalized spacial score (nSPS) is 12.1. The zero-order valence-corrected chi connectivity index (χ0v) is 12.1. The SMILES string of the molecule is COc1cc(CC(CN)C(=O)O)c2c(OC)cccc2c1. The van der Waals surface area contributed by atoms with E-state index in [9.17, 15) is 9.90 Å². The maximum atomic E-state index is 11.2. The molecular weight excluding hydrogens is 270 g/mol. The van der Waals surface area contributed by atoms with E-state index in [0.717, 1.165) is 16.3 Å². The first kappa shape index (κ1) is 15.1. The first-order valence-electron chi connectivity index (χ1n) is 6.67. The summed E-state index contributed by atoms with van der Waals surface area (Å²) in [5.74, 6) is -0.133. The third kappa shape index (κ3) is 3.08. The number of carboxylic acids is 1. The van der Waals surface area contributed by atoms with E-state index in [1.807, 2.05) is 30.3 Å². The molecule has 1 atom stereocenters. The first-order valence-corrected chi connectivity index (χ1v) is 6.67. The number of hydrogen-bond acceptors (Lipinski definition) is 4. The Morgan fingerprint density at radius 3 is 2.62 bits per heavy atom. The molecule has 0 heterocycles. The fourth-order valence-corrected chi connectivity index (χ4v) is 2.44. The molecule has 0 aliphatic carbocycles. The number of ether oxygens (including phenoxy) is 2. The zero-order chi connectivity index (χ0) is 15.4. The number of hydrogen-bond donors (Lipinski definition) is 2. The van der Waals surface area contributed by atoms with Crippen molar-refractivity contribution < 1.29 is 19.4 Å². The first-order chi connectivity index (χ1) is 10.1. The Bertz CT molecular complexity index is 654. The summed E-state index contributed by atoms with van der Waals surface area (Å²) in [6, 6.07) is 9.44. The van der Waals surface area contributed by atoms with Gasteiger partial charge in [0.15, 0.2) is 0 Å². The number of aliphatic carboxylic acids is 1. The number of fused-ring (bicyclic) bond motifs is 1. The van der Waals surface area contributed by atoms with Gasteiger partial charge in [-0.15, -0.1) is 0 Å². The van der Waals surface area contributed by atoms with Crippen molar-refractivity contribution in [1.82, 2.24) is 0 Å². The number of nitrogens with two attached hydrogens (primary N) is 1. The molecule has 0 aromatic heterocycles. The van der Waals surface area contributed by atoms with Crippen LogP contribution in [0, 0.1) is 5.92 Å². The Balaban J connectivity index is 2.61. The molecule has 5 heteroatoms. The largest absolute Gasteiger partial charge is 0.497 e. The highest BCUT2D eigenvalue weighted by atomic mass is 16.5. The lowest BCUT2D eigenvalue weighted by Gasteiger charge is -2.15. The average Bonchev–Trinajstić information content (AvgIpc) is 2.50. The highest BCUT2D eigenvalue weighted by Crippen LogP contribution is 2.33. The molecule has 112 valence electrons. The number of benzene rings is 2. The summed E-state index contributed by atoms with van der Waals surface area (Å²) in [5, 5.41) is 11.1. The summed E-state index contributed by atoms with van der Waals surface area (Å²) < 4.78 is 10.7. The maximum absolute atomic E-state index is 11.2. The van der Waals surface area contributed by atoms with Gasteiger partial charge in [0.1, 0.15) is 11.5 Å². The van der Waals surface area contributed by atoms with Gasteiger partial charge in [0.2, 0.25) is 0 Å². The van der Waals surface area contributed by atoms with E-state index >= 15 is 0 Å². The smallest absolute Gasteiger partial charge is 0.308 e. The molecule has 1 unspecified atom stereocenters. The molecule has 0 saturated heterocycles. The lowest BCUT2D eigenvalue weighted by atomic mass is 9.94. The molecule has 2 rings (SSSR count). The maximum Gasteiger partial charge on any atom is 0.308 e. The monoisotopic (exact) mass is 289 g/mol. The molecule has 0 bridgehead atoms. The van der Waals surface area contributed by atoms with Crippen LogP contribution in [-0.2, 0) is 11.2 Å². The molecule has 21 heavy (non-hydrogen) atoms. The van der Waals surface area contributed by atoms with Crippen molar-refractivity contribution in [3.05, 3.63) is 35.9 Å². The Morgan fingerprint density at radius 2 is 2.05 bits per heavy atom. The van der Waals surface area contributed by atoms with Gasteiger partial charge in [-0.05, 0) is 35.6 Å². The van der Waals surface area contributed by atoms with Crippen molar-refractivity contribution >= 4 is 16.7 Å². The summed E-state index contributed by atoms with van der Waals surface area (Å²) >= 11 is 0. The molecular formula is C16H19NO4. The number of carboxylic acid groups (broad SMARTS) is 1. The lowest BCUT2D eigenvalue weighted by Crippen LogP contribution is -2.25. The van der Waals surface area contributed by atoms with Crippen molar-refractivity contribution in [2.45, 2.75) is 6.42 Å². The highest BCUT2D eigenvalue weighted by molar-refractivity contribution is 5.93. The Morgan fingerprint density at radius 1 is 1.29 bits per heavy atom. The van der Waals surface area contributed by atoms with Crippen LogP contribution in [-0.4, -0.2) is 31.8 Å². The second-order valence-electron chi connectivity index (χ2n) is 4.82. The van der Waals surface area contributed by atoms with Gasteiger partial charge in [0.25, 0.3) is 0 Å². The predicted molar refractivity (Wildman–Crippen MR) is 80.9 cm³/mol. The number of carbonyl (C=O) groups is 1. The van der Waals surface area contributed by atoms with Crippen molar-refractivity contribution in [3.63, 3.8) is 0 Å². The van der Waals surface area contributed by atoms with Gasteiger partial charge in [0.05, 0.1) is 20.1 Å². The van der Waals surface area contributed by atoms with E-state index < -0.39 is 11.9 Å². The lowest BCUT2D eigenvalue weighted by molar-refractivity contribution is -0.141. The van der Waals surface area contributed by atoms with Crippen molar-refractivity contribution in [3.8, 4) is 11.5 Å². The van der Waals surface area contributed by atoms with Crippen LogP contribution in [0.5, 0.6) is 11.5 Å². The van der Waals surface area contributed by atoms with Crippen molar-refractivity contribution in [2.75, 3.05) is 20.8 Å². The van der Waals surface area contributed by atoms with E-state index in [1.54, 1.807) is 14.2 Å². The van der Waals surface area contributed by atoms with Crippen LogP contribution < -0.4 is 15.2 Å².